The monoisotopic (exact) mass is 463 g/mol. The Kier molecular flexibility index (Phi) is 6.49. The van der Waals surface area contributed by atoms with Crippen LogP contribution in [0.3, 0.4) is 0 Å². The first-order chi connectivity index (χ1) is 16.6. The van der Waals surface area contributed by atoms with Gasteiger partial charge in [0.2, 0.25) is 0 Å². The molecule has 1 fully saturated rings. The molecule has 1 aliphatic heterocycles. The van der Waals surface area contributed by atoms with Crippen molar-refractivity contribution in [2.75, 3.05) is 13.2 Å². The highest BCUT2D eigenvalue weighted by atomic mass is 16.6. The summed E-state index contributed by atoms with van der Waals surface area (Å²) >= 11 is 0. The second-order valence-electron chi connectivity index (χ2n) is 9.21. The number of rotatable bonds is 6. The summed E-state index contributed by atoms with van der Waals surface area (Å²) < 4.78 is 13.1. The van der Waals surface area contributed by atoms with E-state index in [4.69, 9.17) is 9.47 Å². The van der Waals surface area contributed by atoms with Crippen LogP contribution in [0, 0.1) is 16.0 Å². The average Bonchev–Trinajstić information content (AvgIpc) is 3.09. The van der Waals surface area contributed by atoms with E-state index < -0.39 is 4.92 Å². The largest absolute Gasteiger partial charge is 0.486 e. The summed E-state index contributed by atoms with van der Waals surface area (Å²) in [7, 11) is 0. The number of aromatic nitrogens is 1. The molecule has 2 atom stereocenters. The Morgan fingerprint density at radius 1 is 0.971 bits per heavy atom. The van der Waals surface area contributed by atoms with Crippen LogP contribution in [0.4, 0.5) is 5.69 Å². The quantitative estimate of drug-likeness (QED) is 0.330. The highest BCUT2D eigenvalue weighted by Crippen LogP contribution is 2.31. The Bertz CT molecular complexity index is 1250. The number of nitrogens with zero attached hydrogens (tertiary/aromatic N) is 2. The van der Waals surface area contributed by atoms with Crippen molar-refractivity contribution in [2.24, 2.45) is 5.92 Å². The Balaban J connectivity index is 1.21. The standard InChI is InChI=1S/C26H29N3O5/c30-26-11-6-20-15-22(29(31)32)8-9-23(20)28(26)17-18-2-1-3-21(7-4-18)27-16-19-5-10-24-25(14-19)34-13-12-33-24/h5-6,8-11,14-15,18,21,27H,1-4,7,12-13,16-17H2. The van der Waals surface area contributed by atoms with Gasteiger partial charge in [-0.05, 0) is 61.4 Å². The molecule has 0 amide bonds. The molecule has 0 spiro atoms. The minimum absolute atomic E-state index is 0.0408. The van der Waals surface area contributed by atoms with Gasteiger partial charge in [0.1, 0.15) is 13.2 Å². The fourth-order valence-electron chi connectivity index (χ4n) is 5.08. The number of benzene rings is 2. The lowest BCUT2D eigenvalue weighted by Gasteiger charge is -2.20. The Hall–Kier alpha value is -3.39. The third kappa shape index (κ3) is 4.92. The van der Waals surface area contributed by atoms with E-state index in [1.165, 1.54) is 23.8 Å². The molecular weight excluding hydrogens is 434 g/mol. The van der Waals surface area contributed by atoms with E-state index in [0.29, 0.717) is 31.7 Å². The van der Waals surface area contributed by atoms with E-state index in [2.05, 4.69) is 17.4 Å². The highest BCUT2D eigenvalue weighted by Gasteiger charge is 2.21. The number of nitro groups is 1. The summed E-state index contributed by atoms with van der Waals surface area (Å²) in [5.74, 6) is 2.03. The lowest BCUT2D eigenvalue weighted by Crippen LogP contribution is -2.28. The van der Waals surface area contributed by atoms with E-state index in [1.54, 1.807) is 16.7 Å². The van der Waals surface area contributed by atoms with Gasteiger partial charge in [0.15, 0.2) is 11.5 Å². The molecule has 1 N–H and O–H groups in total. The van der Waals surface area contributed by atoms with Gasteiger partial charge in [0, 0.05) is 42.7 Å². The van der Waals surface area contributed by atoms with E-state index in [-0.39, 0.29) is 11.2 Å². The molecule has 0 bridgehead atoms. The Morgan fingerprint density at radius 3 is 2.68 bits per heavy atom. The zero-order chi connectivity index (χ0) is 23.5. The molecule has 5 rings (SSSR count). The summed E-state index contributed by atoms with van der Waals surface area (Å²) in [5, 5.41) is 15.5. The van der Waals surface area contributed by atoms with Gasteiger partial charge in [-0.2, -0.15) is 0 Å². The average molecular weight is 464 g/mol. The second-order valence-corrected chi connectivity index (χ2v) is 9.21. The van der Waals surface area contributed by atoms with E-state index in [1.807, 2.05) is 6.07 Å². The van der Waals surface area contributed by atoms with Gasteiger partial charge in [-0.15, -0.1) is 0 Å². The molecule has 0 radical (unpaired) electrons. The zero-order valence-electron chi connectivity index (χ0n) is 19.1. The number of nitro benzene ring substituents is 1. The lowest BCUT2D eigenvalue weighted by molar-refractivity contribution is -0.384. The van der Waals surface area contributed by atoms with Crippen molar-refractivity contribution in [3.05, 3.63) is 74.6 Å². The van der Waals surface area contributed by atoms with Crippen molar-refractivity contribution in [1.29, 1.82) is 0 Å². The van der Waals surface area contributed by atoms with Crippen molar-refractivity contribution in [1.82, 2.24) is 9.88 Å². The molecule has 8 nitrogen and oxygen atoms in total. The van der Waals surface area contributed by atoms with Crippen LogP contribution in [-0.4, -0.2) is 28.7 Å². The van der Waals surface area contributed by atoms with Gasteiger partial charge in [0.25, 0.3) is 11.2 Å². The van der Waals surface area contributed by atoms with Gasteiger partial charge in [-0.1, -0.05) is 12.5 Å². The topological polar surface area (TPSA) is 95.6 Å². The van der Waals surface area contributed by atoms with Crippen molar-refractivity contribution >= 4 is 16.6 Å². The van der Waals surface area contributed by atoms with Crippen LogP contribution in [0.2, 0.25) is 0 Å². The first kappa shape index (κ1) is 22.4. The SMILES string of the molecule is O=c1ccc2cc([N+](=O)[O-])ccc2n1CC1CCCC(NCc2ccc3c(c2)OCCO3)CC1. The van der Waals surface area contributed by atoms with Crippen molar-refractivity contribution in [3.8, 4) is 11.5 Å². The van der Waals surface area contributed by atoms with Crippen molar-refractivity contribution in [2.45, 2.75) is 51.2 Å². The molecule has 1 saturated carbocycles. The van der Waals surface area contributed by atoms with E-state index >= 15 is 0 Å². The van der Waals surface area contributed by atoms with Crippen molar-refractivity contribution in [3.63, 3.8) is 0 Å². The Morgan fingerprint density at radius 2 is 1.82 bits per heavy atom. The lowest BCUT2D eigenvalue weighted by atomic mass is 9.99. The van der Waals surface area contributed by atoms with Gasteiger partial charge < -0.3 is 19.4 Å². The number of ether oxygens (including phenoxy) is 2. The first-order valence-corrected chi connectivity index (χ1v) is 12.0. The molecule has 2 heterocycles. The van der Waals surface area contributed by atoms with Crippen LogP contribution in [0.5, 0.6) is 11.5 Å². The normalized spacial score (nSPS) is 20.1. The fraction of sp³-hybridized carbons (Fsp3) is 0.423. The molecule has 178 valence electrons. The number of hydrogen-bond donors (Lipinski definition) is 1. The molecule has 8 heteroatoms. The summed E-state index contributed by atoms with van der Waals surface area (Å²) in [4.78, 5) is 23.3. The minimum Gasteiger partial charge on any atom is -0.486 e. The van der Waals surface area contributed by atoms with Crippen LogP contribution >= 0.6 is 0 Å². The molecule has 0 saturated heterocycles. The number of non-ortho nitro benzene ring substituents is 1. The summed E-state index contributed by atoms with van der Waals surface area (Å²) in [6.07, 6.45) is 5.37. The summed E-state index contributed by atoms with van der Waals surface area (Å²) in [6, 6.07) is 14.4. The molecule has 1 aromatic heterocycles. The molecular formula is C26H29N3O5. The van der Waals surface area contributed by atoms with Gasteiger partial charge >= 0.3 is 0 Å². The number of nitrogens with one attached hydrogen (secondary N) is 1. The minimum atomic E-state index is -0.404. The van der Waals surface area contributed by atoms with Gasteiger partial charge in [-0.3, -0.25) is 14.9 Å². The maximum Gasteiger partial charge on any atom is 0.270 e. The number of fused-ring (bicyclic) bond motifs is 2. The number of pyridine rings is 1. The van der Waals surface area contributed by atoms with Crippen LogP contribution in [0.1, 0.15) is 37.7 Å². The fourth-order valence-corrected chi connectivity index (χ4v) is 5.08. The van der Waals surface area contributed by atoms with Gasteiger partial charge in [0.05, 0.1) is 10.4 Å². The van der Waals surface area contributed by atoms with Crippen molar-refractivity contribution < 1.29 is 14.4 Å². The first-order valence-electron chi connectivity index (χ1n) is 12.0. The summed E-state index contributed by atoms with van der Waals surface area (Å²) in [6.45, 7) is 2.61. The Labute approximate surface area is 197 Å². The summed E-state index contributed by atoms with van der Waals surface area (Å²) in [5.41, 5.74) is 1.93. The molecule has 1 aliphatic carbocycles. The maximum atomic E-state index is 12.6. The van der Waals surface area contributed by atoms with Crippen LogP contribution in [-0.2, 0) is 13.1 Å². The van der Waals surface area contributed by atoms with Gasteiger partial charge in [-0.25, -0.2) is 0 Å². The van der Waals surface area contributed by atoms with Crippen LogP contribution in [0.25, 0.3) is 10.9 Å². The number of hydrogen-bond acceptors (Lipinski definition) is 6. The predicted octanol–water partition coefficient (Wildman–Crippen LogP) is 4.42. The van der Waals surface area contributed by atoms with Crippen LogP contribution in [0.15, 0.2) is 53.3 Å². The molecule has 3 aromatic rings. The zero-order valence-corrected chi connectivity index (χ0v) is 19.1. The molecule has 2 aliphatic rings. The third-order valence-corrected chi connectivity index (χ3v) is 6.91. The van der Waals surface area contributed by atoms with E-state index in [9.17, 15) is 14.9 Å². The predicted molar refractivity (Wildman–Crippen MR) is 129 cm³/mol. The molecule has 34 heavy (non-hydrogen) atoms. The maximum absolute atomic E-state index is 12.6. The molecule has 2 unspecified atom stereocenters. The highest BCUT2D eigenvalue weighted by molar-refractivity contribution is 5.81. The second kappa shape index (κ2) is 9.85. The smallest absolute Gasteiger partial charge is 0.270 e. The van der Waals surface area contributed by atoms with E-state index in [0.717, 1.165) is 61.1 Å². The molecule has 2 aromatic carbocycles. The third-order valence-electron chi connectivity index (χ3n) is 6.91. The van der Waals surface area contributed by atoms with Crippen LogP contribution < -0.4 is 20.3 Å².